The Labute approximate surface area is 115 Å². The van der Waals surface area contributed by atoms with Crippen LogP contribution in [0.25, 0.3) is 0 Å². The lowest BCUT2D eigenvalue weighted by Gasteiger charge is -2.12. The number of hydrogen-bond donors (Lipinski definition) is 2. The summed E-state index contributed by atoms with van der Waals surface area (Å²) >= 11 is 2.89. The molecule has 0 aliphatic carbocycles. The van der Waals surface area contributed by atoms with E-state index in [0.29, 0.717) is 0 Å². The van der Waals surface area contributed by atoms with Gasteiger partial charge in [-0.05, 0) is 22.0 Å². The summed E-state index contributed by atoms with van der Waals surface area (Å²) in [4.78, 5) is 7.60. The normalized spacial score (nSPS) is 10.3. The van der Waals surface area contributed by atoms with Gasteiger partial charge in [0.25, 0.3) is 0 Å². The first kappa shape index (κ1) is 13.5. The molecule has 0 fully saturated rings. The summed E-state index contributed by atoms with van der Waals surface area (Å²) < 4.78 is 32.1. The first-order valence-corrected chi connectivity index (χ1v) is 5.88. The van der Waals surface area contributed by atoms with Gasteiger partial charge in [-0.25, -0.2) is 18.7 Å². The zero-order valence-corrected chi connectivity index (χ0v) is 11.3. The van der Waals surface area contributed by atoms with Gasteiger partial charge >= 0.3 is 0 Å². The highest BCUT2D eigenvalue weighted by molar-refractivity contribution is 9.10. The molecule has 0 saturated carbocycles. The van der Waals surface area contributed by atoms with E-state index in [0.717, 1.165) is 12.1 Å². The molecule has 0 bridgehead atoms. The predicted octanol–water partition coefficient (Wildman–Crippen LogP) is 2.85. The number of nitrogens with one attached hydrogen (secondary N) is 1. The van der Waals surface area contributed by atoms with Crippen molar-refractivity contribution in [2.24, 2.45) is 0 Å². The van der Waals surface area contributed by atoms with Gasteiger partial charge in [-0.3, -0.25) is 0 Å². The van der Waals surface area contributed by atoms with E-state index >= 15 is 0 Å². The Balaban J connectivity index is 2.42. The predicted molar refractivity (Wildman–Crippen MR) is 70.3 cm³/mol. The molecule has 100 valence electrons. The van der Waals surface area contributed by atoms with Crippen LogP contribution in [0.2, 0.25) is 0 Å². The summed E-state index contributed by atoms with van der Waals surface area (Å²) in [6, 6.07) is 2.01. The third kappa shape index (κ3) is 2.73. The molecule has 1 aromatic heterocycles. The second-order valence-electron chi connectivity index (χ2n) is 3.51. The van der Waals surface area contributed by atoms with E-state index in [9.17, 15) is 8.78 Å². The number of benzene rings is 1. The molecule has 2 rings (SSSR count). The molecule has 1 heterocycles. The second kappa shape index (κ2) is 5.35. The maximum Gasteiger partial charge on any atom is 0.204 e. The number of methoxy groups -OCH3 is 1. The Bertz CT molecular complexity index is 624. The molecule has 0 aliphatic rings. The molecule has 0 radical (unpaired) electrons. The highest BCUT2D eigenvalue weighted by atomic mass is 79.9. The molecule has 2 aromatic rings. The molecule has 19 heavy (non-hydrogen) atoms. The lowest BCUT2D eigenvalue weighted by Crippen LogP contribution is -2.04. The first-order valence-electron chi connectivity index (χ1n) is 5.09. The van der Waals surface area contributed by atoms with Crippen LogP contribution in [-0.4, -0.2) is 17.1 Å². The number of halogens is 3. The van der Waals surface area contributed by atoms with Gasteiger partial charge in [0.05, 0.1) is 17.3 Å². The lowest BCUT2D eigenvalue weighted by molar-refractivity contribution is 0.415. The van der Waals surface area contributed by atoms with Crippen molar-refractivity contribution >= 4 is 33.3 Å². The van der Waals surface area contributed by atoms with E-state index in [1.807, 2.05) is 0 Å². The highest BCUT2D eigenvalue weighted by Crippen LogP contribution is 2.31. The van der Waals surface area contributed by atoms with Gasteiger partial charge in [0.1, 0.15) is 18.0 Å². The molecule has 3 N–H and O–H groups in total. The molecule has 5 nitrogen and oxygen atoms in total. The van der Waals surface area contributed by atoms with Crippen LogP contribution in [0.15, 0.2) is 22.9 Å². The van der Waals surface area contributed by atoms with Crippen LogP contribution >= 0.6 is 15.9 Å². The van der Waals surface area contributed by atoms with Crippen LogP contribution in [0, 0.1) is 11.6 Å². The second-order valence-corrected chi connectivity index (χ2v) is 4.37. The number of aromatic nitrogens is 2. The molecule has 0 aliphatic heterocycles. The van der Waals surface area contributed by atoms with Crippen molar-refractivity contribution in [3.05, 3.63) is 34.6 Å². The van der Waals surface area contributed by atoms with Gasteiger partial charge in [0.15, 0.2) is 11.6 Å². The fourth-order valence-electron chi connectivity index (χ4n) is 1.42. The first-order chi connectivity index (χ1) is 9.02. The van der Waals surface area contributed by atoms with Crippen LogP contribution in [0.4, 0.5) is 26.1 Å². The van der Waals surface area contributed by atoms with Crippen molar-refractivity contribution in [1.29, 1.82) is 0 Å². The number of rotatable bonds is 3. The van der Waals surface area contributed by atoms with Gasteiger partial charge in [-0.2, -0.15) is 0 Å². The van der Waals surface area contributed by atoms with Crippen LogP contribution < -0.4 is 15.8 Å². The quantitative estimate of drug-likeness (QED) is 0.846. The molecule has 0 saturated heterocycles. The maximum absolute atomic E-state index is 13.7. The van der Waals surface area contributed by atoms with Gasteiger partial charge in [0.2, 0.25) is 5.75 Å². The minimum Gasteiger partial charge on any atom is -0.490 e. The van der Waals surface area contributed by atoms with Crippen LogP contribution in [0.3, 0.4) is 0 Å². The third-order valence-corrected chi connectivity index (χ3v) is 2.91. The van der Waals surface area contributed by atoms with Crippen molar-refractivity contribution in [2.45, 2.75) is 0 Å². The van der Waals surface area contributed by atoms with E-state index in [-0.39, 0.29) is 27.5 Å². The van der Waals surface area contributed by atoms with Crippen molar-refractivity contribution < 1.29 is 13.5 Å². The number of ether oxygens (including phenoxy) is 1. The van der Waals surface area contributed by atoms with E-state index in [4.69, 9.17) is 10.5 Å². The Morgan fingerprint density at radius 3 is 2.68 bits per heavy atom. The topological polar surface area (TPSA) is 73.1 Å². The Morgan fingerprint density at radius 1 is 1.26 bits per heavy atom. The summed E-state index contributed by atoms with van der Waals surface area (Å²) in [5, 5.41) is 2.61. The molecule has 0 spiro atoms. The Kier molecular flexibility index (Phi) is 3.79. The van der Waals surface area contributed by atoms with Crippen molar-refractivity contribution in [3.8, 4) is 5.75 Å². The van der Waals surface area contributed by atoms with E-state index in [1.54, 1.807) is 0 Å². The zero-order chi connectivity index (χ0) is 14.0. The van der Waals surface area contributed by atoms with Crippen LogP contribution in [0.5, 0.6) is 5.75 Å². The minimum atomic E-state index is -0.646. The summed E-state index contributed by atoms with van der Waals surface area (Å²) in [6.45, 7) is 0. The largest absolute Gasteiger partial charge is 0.490 e. The fraction of sp³-hybridized carbons (Fsp3) is 0.0909. The standard InChI is InChI=1S/C11H9BrF2N4O/c1-19-9-10(15)16-4-17-11(9)18-8-3-6(13)5(12)2-7(8)14/h2-4H,1H3,(H3,15,16,17,18). The van der Waals surface area contributed by atoms with Crippen molar-refractivity contribution in [2.75, 3.05) is 18.2 Å². The maximum atomic E-state index is 13.7. The number of nitrogens with zero attached hydrogens (tertiary/aromatic N) is 2. The van der Waals surface area contributed by atoms with E-state index in [2.05, 4.69) is 31.2 Å². The Hall–Kier alpha value is -1.96. The number of hydrogen-bond acceptors (Lipinski definition) is 5. The lowest BCUT2D eigenvalue weighted by atomic mass is 10.3. The number of nitrogen functional groups attached to an aromatic ring is 1. The zero-order valence-electron chi connectivity index (χ0n) is 9.75. The molecule has 8 heteroatoms. The van der Waals surface area contributed by atoms with E-state index < -0.39 is 11.6 Å². The third-order valence-electron chi connectivity index (χ3n) is 2.30. The molecule has 1 aromatic carbocycles. The van der Waals surface area contributed by atoms with Crippen LogP contribution in [0.1, 0.15) is 0 Å². The monoisotopic (exact) mass is 330 g/mol. The van der Waals surface area contributed by atoms with Gasteiger partial charge in [0, 0.05) is 6.07 Å². The molecular formula is C11H9BrF2N4O. The van der Waals surface area contributed by atoms with Gasteiger partial charge < -0.3 is 15.8 Å². The minimum absolute atomic E-state index is 0.0321. The summed E-state index contributed by atoms with van der Waals surface area (Å²) in [5.74, 6) is -0.851. The van der Waals surface area contributed by atoms with Crippen molar-refractivity contribution in [1.82, 2.24) is 9.97 Å². The van der Waals surface area contributed by atoms with Crippen molar-refractivity contribution in [3.63, 3.8) is 0 Å². The molecule has 0 amide bonds. The van der Waals surface area contributed by atoms with Gasteiger partial charge in [-0.15, -0.1) is 0 Å². The fourth-order valence-corrected chi connectivity index (χ4v) is 1.74. The Morgan fingerprint density at radius 2 is 2.00 bits per heavy atom. The summed E-state index contributed by atoms with van der Waals surface area (Å²) in [6.07, 6.45) is 1.19. The van der Waals surface area contributed by atoms with Crippen LogP contribution in [-0.2, 0) is 0 Å². The highest BCUT2D eigenvalue weighted by Gasteiger charge is 2.13. The summed E-state index contributed by atoms with van der Waals surface area (Å²) in [7, 11) is 1.37. The molecular weight excluding hydrogens is 322 g/mol. The van der Waals surface area contributed by atoms with Gasteiger partial charge in [-0.1, -0.05) is 0 Å². The number of anilines is 3. The average Bonchev–Trinajstić information content (AvgIpc) is 2.36. The SMILES string of the molecule is COc1c(N)ncnc1Nc1cc(F)c(Br)cc1F. The number of nitrogens with two attached hydrogens (primary N) is 1. The molecule has 0 atom stereocenters. The smallest absolute Gasteiger partial charge is 0.204 e. The average molecular weight is 331 g/mol. The molecule has 0 unspecified atom stereocenters. The van der Waals surface area contributed by atoms with E-state index in [1.165, 1.54) is 13.4 Å². The summed E-state index contributed by atoms with van der Waals surface area (Å²) in [5.41, 5.74) is 5.50.